The van der Waals surface area contributed by atoms with Crippen LogP contribution in [0, 0.1) is 17.0 Å². The second-order valence-corrected chi connectivity index (χ2v) is 5.47. The zero-order valence-corrected chi connectivity index (χ0v) is 12.4. The Morgan fingerprint density at radius 2 is 2.29 bits per heavy atom. The molecule has 0 bridgehead atoms. The van der Waals surface area contributed by atoms with Crippen LogP contribution in [0.3, 0.4) is 0 Å². The van der Waals surface area contributed by atoms with Crippen LogP contribution < -0.4 is 10.6 Å². The topological polar surface area (TPSA) is 84.3 Å². The van der Waals surface area contributed by atoms with Gasteiger partial charge in [-0.05, 0) is 38.3 Å². The largest absolute Gasteiger partial charge is 0.350 e. The molecule has 6 heteroatoms. The van der Waals surface area contributed by atoms with Crippen LogP contribution in [0.2, 0.25) is 0 Å². The van der Waals surface area contributed by atoms with E-state index in [1.54, 1.807) is 13.0 Å². The van der Waals surface area contributed by atoms with Crippen molar-refractivity contribution in [2.45, 2.75) is 45.2 Å². The van der Waals surface area contributed by atoms with Gasteiger partial charge in [0.25, 0.3) is 5.69 Å². The van der Waals surface area contributed by atoms with Crippen LogP contribution in [0.15, 0.2) is 18.2 Å². The van der Waals surface area contributed by atoms with Gasteiger partial charge < -0.3 is 10.6 Å². The predicted molar refractivity (Wildman–Crippen MR) is 79.9 cm³/mol. The van der Waals surface area contributed by atoms with Gasteiger partial charge in [0.2, 0.25) is 5.91 Å². The van der Waals surface area contributed by atoms with Crippen LogP contribution in [0.4, 0.5) is 5.69 Å². The molecule has 6 nitrogen and oxygen atoms in total. The van der Waals surface area contributed by atoms with E-state index < -0.39 is 10.5 Å². The summed E-state index contributed by atoms with van der Waals surface area (Å²) >= 11 is 0. The molecule has 1 aromatic rings. The van der Waals surface area contributed by atoms with Crippen LogP contribution >= 0.6 is 0 Å². The molecule has 1 aliphatic rings. The Balaban J connectivity index is 2.08. The van der Waals surface area contributed by atoms with Crippen molar-refractivity contribution in [1.29, 1.82) is 0 Å². The minimum absolute atomic E-state index is 0.0200. The first-order valence-electron chi connectivity index (χ1n) is 7.26. The van der Waals surface area contributed by atoms with E-state index in [4.69, 9.17) is 0 Å². The highest BCUT2D eigenvalue weighted by Gasteiger charge is 2.38. The zero-order valence-electron chi connectivity index (χ0n) is 12.4. The predicted octanol–water partition coefficient (Wildman–Crippen LogP) is 2.05. The minimum atomic E-state index is -0.478. The summed E-state index contributed by atoms with van der Waals surface area (Å²) in [6.07, 6.45) is 2.58. The fraction of sp³-hybridized carbons (Fsp3) is 0.533. The molecule has 2 rings (SSSR count). The van der Waals surface area contributed by atoms with Crippen LogP contribution in [-0.2, 0) is 11.3 Å². The van der Waals surface area contributed by atoms with Crippen molar-refractivity contribution in [3.05, 3.63) is 39.4 Å². The molecule has 1 aromatic carbocycles. The third-order valence-corrected chi connectivity index (χ3v) is 4.34. The molecule has 21 heavy (non-hydrogen) atoms. The van der Waals surface area contributed by atoms with Gasteiger partial charge in [-0.25, -0.2) is 0 Å². The van der Waals surface area contributed by atoms with Crippen molar-refractivity contribution >= 4 is 11.6 Å². The number of nitro groups is 1. The highest BCUT2D eigenvalue weighted by atomic mass is 16.6. The molecule has 0 saturated carbocycles. The molecular formula is C15H21N3O3. The standard InChI is InChI=1S/C15H21N3O3/c1-3-15(8-5-9-17-15)14(19)16-10-12-6-4-7-13(11(12)2)18(20)21/h4,6-7,17H,3,5,8-10H2,1-2H3,(H,16,19). The first-order chi connectivity index (χ1) is 10.00. The fourth-order valence-electron chi connectivity index (χ4n) is 2.87. The van der Waals surface area contributed by atoms with E-state index in [9.17, 15) is 14.9 Å². The van der Waals surface area contributed by atoms with Gasteiger partial charge in [0.15, 0.2) is 0 Å². The lowest BCUT2D eigenvalue weighted by Crippen LogP contribution is -2.52. The third-order valence-electron chi connectivity index (χ3n) is 4.34. The maximum Gasteiger partial charge on any atom is 0.272 e. The van der Waals surface area contributed by atoms with Crippen molar-refractivity contribution in [2.24, 2.45) is 0 Å². The molecular weight excluding hydrogens is 270 g/mol. The number of rotatable bonds is 5. The molecule has 114 valence electrons. The number of hydrogen-bond donors (Lipinski definition) is 2. The Morgan fingerprint density at radius 3 is 2.86 bits per heavy atom. The van der Waals surface area contributed by atoms with E-state index in [0.29, 0.717) is 12.1 Å². The summed E-state index contributed by atoms with van der Waals surface area (Å²) in [6.45, 7) is 4.88. The van der Waals surface area contributed by atoms with Gasteiger partial charge in [0.1, 0.15) is 0 Å². The number of nitrogens with one attached hydrogen (secondary N) is 2. The van der Waals surface area contributed by atoms with Crippen LogP contribution in [0.5, 0.6) is 0 Å². The monoisotopic (exact) mass is 291 g/mol. The lowest BCUT2D eigenvalue weighted by atomic mass is 9.93. The first-order valence-corrected chi connectivity index (χ1v) is 7.26. The summed E-state index contributed by atoms with van der Waals surface area (Å²) in [7, 11) is 0. The summed E-state index contributed by atoms with van der Waals surface area (Å²) in [5.74, 6) is -0.0200. The van der Waals surface area contributed by atoms with Gasteiger partial charge in [-0.15, -0.1) is 0 Å². The smallest absolute Gasteiger partial charge is 0.272 e. The second kappa shape index (κ2) is 6.22. The van der Waals surface area contributed by atoms with E-state index in [1.807, 2.05) is 13.0 Å². The highest BCUT2D eigenvalue weighted by molar-refractivity contribution is 5.86. The van der Waals surface area contributed by atoms with Crippen LogP contribution in [0.1, 0.15) is 37.3 Å². The van der Waals surface area contributed by atoms with Crippen LogP contribution in [-0.4, -0.2) is 22.9 Å². The molecule has 0 spiro atoms. The summed E-state index contributed by atoms with van der Waals surface area (Å²) < 4.78 is 0. The number of carbonyl (C=O) groups is 1. The van der Waals surface area contributed by atoms with Crippen molar-refractivity contribution in [3.63, 3.8) is 0 Å². The number of nitrogens with zero attached hydrogens (tertiary/aromatic N) is 1. The average molecular weight is 291 g/mol. The Labute approximate surface area is 124 Å². The number of nitro benzene ring substituents is 1. The van der Waals surface area contributed by atoms with Gasteiger partial charge in [0.05, 0.1) is 10.5 Å². The molecule has 1 aliphatic heterocycles. The van der Waals surface area contributed by atoms with Crippen molar-refractivity contribution in [3.8, 4) is 0 Å². The SMILES string of the molecule is CCC1(C(=O)NCc2cccc([N+](=O)[O-])c2C)CCCN1. The van der Waals surface area contributed by atoms with Gasteiger partial charge in [-0.1, -0.05) is 19.1 Å². The first kappa shape index (κ1) is 15.4. The van der Waals surface area contributed by atoms with E-state index >= 15 is 0 Å². The minimum Gasteiger partial charge on any atom is -0.350 e. The maximum absolute atomic E-state index is 12.4. The van der Waals surface area contributed by atoms with Gasteiger partial charge in [-0.2, -0.15) is 0 Å². The Hall–Kier alpha value is -1.95. The molecule has 1 unspecified atom stereocenters. The number of amides is 1. The molecule has 2 N–H and O–H groups in total. The van der Waals surface area contributed by atoms with E-state index in [0.717, 1.165) is 31.4 Å². The summed E-state index contributed by atoms with van der Waals surface area (Å²) in [5, 5.41) is 17.1. The van der Waals surface area contributed by atoms with Crippen molar-refractivity contribution < 1.29 is 9.72 Å². The molecule has 1 heterocycles. The molecule has 1 amide bonds. The van der Waals surface area contributed by atoms with E-state index in [2.05, 4.69) is 10.6 Å². The molecule has 0 radical (unpaired) electrons. The molecule has 1 atom stereocenters. The van der Waals surface area contributed by atoms with Crippen molar-refractivity contribution in [2.75, 3.05) is 6.54 Å². The van der Waals surface area contributed by atoms with Crippen LogP contribution in [0.25, 0.3) is 0 Å². The average Bonchev–Trinajstić information content (AvgIpc) is 2.95. The Bertz CT molecular complexity index is 551. The number of carbonyl (C=O) groups excluding carboxylic acids is 1. The lowest BCUT2D eigenvalue weighted by Gasteiger charge is -2.26. The van der Waals surface area contributed by atoms with Crippen molar-refractivity contribution in [1.82, 2.24) is 10.6 Å². The normalized spacial score (nSPS) is 21.2. The Kier molecular flexibility index (Phi) is 4.57. The summed E-state index contributed by atoms with van der Waals surface area (Å²) in [5.41, 5.74) is 0.995. The zero-order chi connectivity index (χ0) is 15.5. The lowest BCUT2D eigenvalue weighted by molar-refractivity contribution is -0.385. The van der Waals surface area contributed by atoms with Gasteiger partial charge in [-0.3, -0.25) is 14.9 Å². The van der Waals surface area contributed by atoms with Gasteiger partial charge in [0, 0.05) is 18.2 Å². The Morgan fingerprint density at radius 1 is 1.52 bits per heavy atom. The molecule has 1 saturated heterocycles. The summed E-state index contributed by atoms with van der Waals surface area (Å²) in [4.78, 5) is 22.9. The third kappa shape index (κ3) is 3.05. The second-order valence-electron chi connectivity index (χ2n) is 5.47. The maximum atomic E-state index is 12.4. The highest BCUT2D eigenvalue weighted by Crippen LogP contribution is 2.24. The van der Waals surface area contributed by atoms with Gasteiger partial charge >= 0.3 is 0 Å². The number of benzene rings is 1. The summed E-state index contributed by atoms with van der Waals surface area (Å²) in [6, 6.07) is 4.94. The van der Waals surface area contributed by atoms with E-state index in [-0.39, 0.29) is 11.6 Å². The molecule has 0 aliphatic carbocycles. The van der Waals surface area contributed by atoms with E-state index in [1.165, 1.54) is 6.07 Å². The molecule has 0 aromatic heterocycles. The quantitative estimate of drug-likeness (QED) is 0.642. The molecule has 1 fully saturated rings. The fourth-order valence-corrected chi connectivity index (χ4v) is 2.87. The number of hydrogen-bond acceptors (Lipinski definition) is 4.